The highest BCUT2D eigenvalue weighted by atomic mass is 16.5. The number of rotatable bonds is 6. The van der Waals surface area contributed by atoms with Crippen molar-refractivity contribution in [2.75, 3.05) is 26.2 Å². The van der Waals surface area contributed by atoms with Crippen LogP contribution < -0.4 is 10.6 Å². The molecule has 1 saturated heterocycles. The lowest BCUT2D eigenvalue weighted by Crippen LogP contribution is -2.33. The molecule has 1 amide bonds. The van der Waals surface area contributed by atoms with Crippen molar-refractivity contribution >= 4 is 5.91 Å². The number of ether oxygens (including phenoxy) is 1. The molecule has 4 nitrogen and oxygen atoms in total. The average molecular weight is 228 g/mol. The van der Waals surface area contributed by atoms with E-state index >= 15 is 0 Å². The van der Waals surface area contributed by atoms with Crippen LogP contribution in [-0.2, 0) is 9.53 Å². The van der Waals surface area contributed by atoms with Crippen LogP contribution in [0.2, 0.25) is 0 Å². The van der Waals surface area contributed by atoms with Crippen LogP contribution in [0.1, 0.15) is 33.1 Å². The first-order chi connectivity index (χ1) is 7.68. The normalized spacial score (nSPS) is 17.7. The van der Waals surface area contributed by atoms with E-state index in [1.54, 1.807) is 0 Å². The van der Waals surface area contributed by atoms with Crippen molar-refractivity contribution in [2.24, 2.45) is 5.92 Å². The monoisotopic (exact) mass is 228 g/mol. The van der Waals surface area contributed by atoms with Crippen molar-refractivity contribution in [1.82, 2.24) is 10.6 Å². The molecular formula is C12H24N2O2. The smallest absolute Gasteiger partial charge is 0.222 e. The first-order valence-electron chi connectivity index (χ1n) is 6.27. The van der Waals surface area contributed by atoms with Crippen LogP contribution >= 0.6 is 0 Å². The molecule has 0 atom stereocenters. The molecule has 0 unspecified atom stereocenters. The highest BCUT2D eigenvalue weighted by Crippen LogP contribution is 2.07. The van der Waals surface area contributed by atoms with Crippen molar-refractivity contribution < 1.29 is 9.53 Å². The van der Waals surface area contributed by atoms with Crippen molar-refractivity contribution in [3.05, 3.63) is 0 Å². The second-order valence-electron chi connectivity index (χ2n) is 4.77. The number of hydrogen-bond donors (Lipinski definition) is 2. The number of hydrogen-bond acceptors (Lipinski definition) is 3. The predicted molar refractivity (Wildman–Crippen MR) is 64.3 cm³/mol. The molecule has 16 heavy (non-hydrogen) atoms. The van der Waals surface area contributed by atoms with Gasteiger partial charge in [0.05, 0.1) is 12.7 Å². The summed E-state index contributed by atoms with van der Waals surface area (Å²) in [7, 11) is 0. The lowest BCUT2D eigenvalue weighted by molar-refractivity contribution is -0.122. The zero-order valence-electron chi connectivity index (χ0n) is 10.4. The van der Waals surface area contributed by atoms with Gasteiger partial charge in [-0.05, 0) is 31.8 Å². The van der Waals surface area contributed by atoms with Gasteiger partial charge in [0.15, 0.2) is 0 Å². The Kier molecular flexibility index (Phi) is 6.42. The van der Waals surface area contributed by atoms with E-state index in [1.807, 2.05) is 0 Å². The van der Waals surface area contributed by atoms with Gasteiger partial charge in [0.25, 0.3) is 0 Å². The summed E-state index contributed by atoms with van der Waals surface area (Å²) in [6.45, 7) is 7.55. The Bertz CT molecular complexity index is 201. The van der Waals surface area contributed by atoms with E-state index in [2.05, 4.69) is 24.5 Å². The Morgan fingerprint density at radius 1 is 1.44 bits per heavy atom. The topological polar surface area (TPSA) is 50.4 Å². The molecule has 1 heterocycles. The molecule has 0 aromatic rings. The molecule has 0 aromatic heterocycles. The maximum Gasteiger partial charge on any atom is 0.222 e. The number of carbonyl (C=O) groups excluding carboxylic acids is 1. The number of piperidine rings is 1. The van der Waals surface area contributed by atoms with Crippen LogP contribution in [0.25, 0.3) is 0 Å². The van der Waals surface area contributed by atoms with Gasteiger partial charge in [0.2, 0.25) is 5.91 Å². The first kappa shape index (κ1) is 13.5. The third-order valence-electron chi connectivity index (χ3n) is 2.68. The molecule has 0 spiro atoms. The summed E-state index contributed by atoms with van der Waals surface area (Å²) in [6, 6.07) is 0. The largest absolute Gasteiger partial charge is 0.378 e. The van der Waals surface area contributed by atoms with Crippen molar-refractivity contribution in [3.63, 3.8) is 0 Å². The third kappa shape index (κ3) is 6.08. The summed E-state index contributed by atoms with van der Waals surface area (Å²) in [4.78, 5) is 11.4. The Morgan fingerprint density at radius 2 is 2.12 bits per heavy atom. The Morgan fingerprint density at radius 3 is 2.75 bits per heavy atom. The van der Waals surface area contributed by atoms with E-state index in [-0.39, 0.29) is 5.91 Å². The zero-order valence-corrected chi connectivity index (χ0v) is 10.4. The third-order valence-corrected chi connectivity index (χ3v) is 2.68. The molecule has 4 heteroatoms. The fourth-order valence-corrected chi connectivity index (χ4v) is 1.69. The molecule has 0 saturated carbocycles. The Hall–Kier alpha value is -0.610. The molecule has 94 valence electrons. The molecule has 0 bridgehead atoms. The minimum absolute atomic E-state index is 0.0997. The molecular weight excluding hydrogens is 204 g/mol. The molecule has 2 N–H and O–H groups in total. The fourth-order valence-electron chi connectivity index (χ4n) is 1.69. The van der Waals surface area contributed by atoms with E-state index in [9.17, 15) is 4.79 Å². The van der Waals surface area contributed by atoms with Crippen LogP contribution in [-0.4, -0.2) is 38.3 Å². The number of nitrogens with one attached hydrogen (secondary N) is 2. The van der Waals surface area contributed by atoms with Crippen LogP contribution in [0.3, 0.4) is 0 Å². The zero-order chi connectivity index (χ0) is 11.8. The van der Waals surface area contributed by atoms with Crippen LogP contribution in [0.15, 0.2) is 0 Å². The molecule has 0 aliphatic carbocycles. The van der Waals surface area contributed by atoms with Gasteiger partial charge in [-0.25, -0.2) is 0 Å². The van der Waals surface area contributed by atoms with Crippen LogP contribution in [0.5, 0.6) is 0 Å². The Balaban J connectivity index is 1.99. The second-order valence-corrected chi connectivity index (χ2v) is 4.77. The molecule has 1 aliphatic heterocycles. The quantitative estimate of drug-likeness (QED) is 0.710. The van der Waals surface area contributed by atoms with Gasteiger partial charge in [-0.1, -0.05) is 13.8 Å². The summed E-state index contributed by atoms with van der Waals surface area (Å²) < 4.78 is 5.66. The minimum atomic E-state index is 0.0997. The number of carbonyl (C=O) groups is 1. The lowest BCUT2D eigenvalue weighted by Gasteiger charge is -2.22. The maximum atomic E-state index is 11.4. The second kappa shape index (κ2) is 7.63. The Labute approximate surface area is 98.1 Å². The van der Waals surface area contributed by atoms with Gasteiger partial charge in [-0.15, -0.1) is 0 Å². The predicted octanol–water partition coefficient (Wildman–Crippen LogP) is 0.917. The van der Waals surface area contributed by atoms with Gasteiger partial charge < -0.3 is 15.4 Å². The summed E-state index contributed by atoms with van der Waals surface area (Å²) in [5.41, 5.74) is 0. The summed E-state index contributed by atoms with van der Waals surface area (Å²) in [5, 5.41) is 6.18. The van der Waals surface area contributed by atoms with Crippen molar-refractivity contribution in [1.29, 1.82) is 0 Å². The van der Waals surface area contributed by atoms with Crippen LogP contribution in [0, 0.1) is 5.92 Å². The van der Waals surface area contributed by atoms with E-state index in [4.69, 9.17) is 4.74 Å². The summed E-state index contributed by atoms with van der Waals surface area (Å²) in [6.07, 6.45) is 2.96. The van der Waals surface area contributed by atoms with E-state index in [1.165, 1.54) is 0 Å². The molecule has 0 radical (unpaired) electrons. The molecule has 1 rings (SSSR count). The van der Waals surface area contributed by atoms with Gasteiger partial charge >= 0.3 is 0 Å². The molecule has 1 aliphatic rings. The maximum absolute atomic E-state index is 11.4. The highest BCUT2D eigenvalue weighted by Gasteiger charge is 2.13. The SMILES string of the molecule is CC(C)CNC(=O)CCOC1CCNCC1. The molecule has 0 aromatic carbocycles. The van der Waals surface area contributed by atoms with E-state index in [0.29, 0.717) is 25.0 Å². The fraction of sp³-hybridized carbons (Fsp3) is 0.917. The summed E-state index contributed by atoms with van der Waals surface area (Å²) in [5.74, 6) is 0.608. The summed E-state index contributed by atoms with van der Waals surface area (Å²) >= 11 is 0. The standard InChI is InChI=1S/C12H24N2O2/c1-10(2)9-14-12(15)5-8-16-11-3-6-13-7-4-11/h10-11,13H,3-9H2,1-2H3,(H,14,15). The molecule has 1 fully saturated rings. The minimum Gasteiger partial charge on any atom is -0.378 e. The van der Waals surface area contributed by atoms with Crippen molar-refractivity contribution in [2.45, 2.75) is 39.2 Å². The van der Waals surface area contributed by atoms with Gasteiger partial charge in [0, 0.05) is 13.0 Å². The average Bonchev–Trinajstić information content (AvgIpc) is 2.28. The van der Waals surface area contributed by atoms with Crippen molar-refractivity contribution in [3.8, 4) is 0 Å². The van der Waals surface area contributed by atoms with Gasteiger partial charge in [-0.3, -0.25) is 4.79 Å². The van der Waals surface area contributed by atoms with Gasteiger partial charge in [0.1, 0.15) is 0 Å². The first-order valence-corrected chi connectivity index (χ1v) is 6.27. The van der Waals surface area contributed by atoms with Gasteiger partial charge in [-0.2, -0.15) is 0 Å². The van der Waals surface area contributed by atoms with Crippen LogP contribution in [0.4, 0.5) is 0 Å². The van der Waals surface area contributed by atoms with E-state index in [0.717, 1.165) is 32.5 Å². The number of amides is 1. The lowest BCUT2D eigenvalue weighted by atomic mass is 10.1. The highest BCUT2D eigenvalue weighted by molar-refractivity contribution is 5.75. The van der Waals surface area contributed by atoms with E-state index < -0.39 is 0 Å².